The molecule has 2 aromatic carbocycles. The number of ether oxygens (including phenoxy) is 3. The van der Waals surface area contributed by atoms with Crippen LogP contribution in [0.2, 0.25) is 5.02 Å². The van der Waals surface area contributed by atoms with Crippen LogP contribution in [-0.4, -0.2) is 27.8 Å². The monoisotopic (exact) mass is 385 g/mol. The first-order valence-electron chi connectivity index (χ1n) is 8.30. The molecule has 27 heavy (non-hydrogen) atoms. The standard InChI is InChI=1S/C19H16ClN3O4/c1-12-17(22-23(21-12)16-5-3-2-4-6-16)19(24)26-10-14-8-15(20)7-13-9-25-11-27-18(13)14/h2-8H,9-11H2,1H3. The molecule has 0 aliphatic carbocycles. The van der Waals surface area contributed by atoms with Crippen molar-refractivity contribution in [3.63, 3.8) is 0 Å². The molecule has 4 rings (SSSR count). The van der Waals surface area contributed by atoms with E-state index >= 15 is 0 Å². The van der Waals surface area contributed by atoms with Gasteiger partial charge in [0.05, 0.1) is 18.0 Å². The molecule has 0 spiro atoms. The number of carbonyl (C=O) groups excluding carboxylic acids is 1. The Morgan fingerprint density at radius 2 is 2.07 bits per heavy atom. The highest BCUT2D eigenvalue weighted by Gasteiger charge is 2.21. The Hall–Kier alpha value is -2.90. The van der Waals surface area contributed by atoms with E-state index in [0.29, 0.717) is 28.6 Å². The lowest BCUT2D eigenvalue weighted by molar-refractivity contribution is -0.0180. The Labute approximate surface area is 160 Å². The SMILES string of the molecule is Cc1nn(-c2ccccc2)nc1C(=O)OCc1cc(Cl)cc2c1OCOC2. The van der Waals surface area contributed by atoms with Crippen LogP contribution in [0.4, 0.5) is 0 Å². The number of aryl methyl sites for hydroxylation is 1. The molecule has 0 saturated carbocycles. The average molecular weight is 386 g/mol. The number of benzene rings is 2. The normalized spacial score (nSPS) is 13.0. The number of fused-ring (bicyclic) bond motifs is 1. The quantitative estimate of drug-likeness (QED) is 0.640. The zero-order valence-electron chi connectivity index (χ0n) is 14.5. The van der Waals surface area contributed by atoms with Gasteiger partial charge in [0.25, 0.3) is 0 Å². The number of esters is 1. The molecule has 0 bridgehead atoms. The lowest BCUT2D eigenvalue weighted by atomic mass is 10.1. The van der Waals surface area contributed by atoms with Gasteiger partial charge in [0.15, 0.2) is 12.5 Å². The molecule has 8 heteroatoms. The molecule has 0 unspecified atom stereocenters. The fourth-order valence-corrected chi connectivity index (χ4v) is 3.08. The number of nitrogens with zero attached hydrogens (tertiary/aromatic N) is 3. The summed E-state index contributed by atoms with van der Waals surface area (Å²) in [6.45, 7) is 2.28. The van der Waals surface area contributed by atoms with Gasteiger partial charge >= 0.3 is 5.97 Å². The van der Waals surface area contributed by atoms with E-state index in [0.717, 1.165) is 11.3 Å². The van der Waals surface area contributed by atoms with Gasteiger partial charge < -0.3 is 14.2 Å². The molecular weight excluding hydrogens is 370 g/mol. The number of hydrogen-bond donors (Lipinski definition) is 0. The van der Waals surface area contributed by atoms with Gasteiger partial charge in [-0.3, -0.25) is 0 Å². The van der Waals surface area contributed by atoms with E-state index in [9.17, 15) is 4.79 Å². The van der Waals surface area contributed by atoms with E-state index in [2.05, 4.69) is 10.2 Å². The third kappa shape index (κ3) is 3.65. The van der Waals surface area contributed by atoms with Gasteiger partial charge in [-0.15, -0.1) is 5.10 Å². The van der Waals surface area contributed by atoms with Crippen LogP contribution in [0.25, 0.3) is 5.69 Å². The van der Waals surface area contributed by atoms with E-state index in [1.807, 2.05) is 30.3 Å². The van der Waals surface area contributed by atoms with Gasteiger partial charge in [0.2, 0.25) is 0 Å². The first-order valence-corrected chi connectivity index (χ1v) is 8.68. The maximum Gasteiger partial charge on any atom is 0.361 e. The van der Waals surface area contributed by atoms with Crippen molar-refractivity contribution in [3.8, 4) is 11.4 Å². The van der Waals surface area contributed by atoms with Crippen molar-refractivity contribution in [2.45, 2.75) is 20.1 Å². The fourth-order valence-electron chi connectivity index (χ4n) is 2.82. The minimum absolute atomic E-state index is 0.0133. The first-order chi connectivity index (χ1) is 13.1. The Bertz CT molecular complexity index is 988. The summed E-state index contributed by atoms with van der Waals surface area (Å²) >= 11 is 6.13. The summed E-state index contributed by atoms with van der Waals surface area (Å²) in [7, 11) is 0. The van der Waals surface area contributed by atoms with E-state index in [-0.39, 0.29) is 19.1 Å². The minimum Gasteiger partial charge on any atom is -0.467 e. The van der Waals surface area contributed by atoms with Gasteiger partial charge in [-0.1, -0.05) is 29.8 Å². The van der Waals surface area contributed by atoms with Crippen molar-refractivity contribution in [1.82, 2.24) is 15.0 Å². The third-order valence-corrected chi connectivity index (χ3v) is 4.29. The number of halogens is 1. The van der Waals surface area contributed by atoms with Crippen molar-refractivity contribution in [2.24, 2.45) is 0 Å². The number of carbonyl (C=O) groups is 1. The van der Waals surface area contributed by atoms with Crippen LogP contribution in [0.15, 0.2) is 42.5 Å². The highest BCUT2D eigenvalue weighted by molar-refractivity contribution is 6.30. The average Bonchev–Trinajstić information content (AvgIpc) is 3.08. The lowest BCUT2D eigenvalue weighted by Gasteiger charge is -2.20. The van der Waals surface area contributed by atoms with Crippen molar-refractivity contribution < 1.29 is 19.0 Å². The number of hydrogen-bond acceptors (Lipinski definition) is 6. The molecular formula is C19H16ClN3O4. The van der Waals surface area contributed by atoms with Crippen molar-refractivity contribution in [3.05, 3.63) is 70.0 Å². The van der Waals surface area contributed by atoms with Crippen molar-refractivity contribution >= 4 is 17.6 Å². The Balaban J connectivity index is 1.53. The van der Waals surface area contributed by atoms with Gasteiger partial charge in [0.1, 0.15) is 12.4 Å². The molecule has 0 radical (unpaired) electrons. The van der Waals surface area contributed by atoms with E-state index in [1.54, 1.807) is 19.1 Å². The summed E-state index contributed by atoms with van der Waals surface area (Å²) in [6, 6.07) is 12.8. The minimum atomic E-state index is -0.560. The Morgan fingerprint density at radius 1 is 1.26 bits per heavy atom. The second-order valence-corrected chi connectivity index (χ2v) is 6.44. The predicted octanol–water partition coefficient (Wildman–Crippen LogP) is 3.45. The van der Waals surface area contributed by atoms with Crippen LogP contribution in [0.1, 0.15) is 27.3 Å². The summed E-state index contributed by atoms with van der Waals surface area (Å²) < 4.78 is 16.2. The zero-order chi connectivity index (χ0) is 18.8. The summed E-state index contributed by atoms with van der Waals surface area (Å²) in [5.74, 6) is 0.0820. The highest BCUT2D eigenvalue weighted by atomic mass is 35.5. The molecule has 1 aliphatic heterocycles. The summed E-state index contributed by atoms with van der Waals surface area (Å²) in [4.78, 5) is 13.9. The third-order valence-electron chi connectivity index (χ3n) is 4.07. The molecule has 0 saturated heterocycles. The number of aromatic nitrogens is 3. The van der Waals surface area contributed by atoms with Crippen LogP contribution in [0.3, 0.4) is 0 Å². The molecule has 0 amide bonds. The number of rotatable bonds is 4. The van der Waals surface area contributed by atoms with Gasteiger partial charge in [-0.2, -0.15) is 9.90 Å². The topological polar surface area (TPSA) is 75.5 Å². The smallest absolute Gasteiger partial charge is 0.361 e. The molecule has 0 atom stereocenters. The molecule has 7 nitrogen and oxygen atoms in total. The second-order valence-electron chi connectivity index (χ2n) is 6.00. The van der Waals surface area contributed by atoms with E-state index in [1.165, 1.54) is 4.80 Å². The second kappa shape index (κ2) is 7.38. The van der Waals surface area contributed by atoms with Crippen LogP contribution in [0.5, 0.6) is 5.75 Å². The van der Waals surface area contributed by atoms with Crippen LogP contribution in [-0.2, 0) is 22.7 Å². The van der Waals surface area contributed by atoms with Crippen LogP contribution < -0.4 is 4.74 Å². The van der Waals surface area contributed by atoms with Crippen LogP contribution in [0, 0.1) is 6.92 Å². The molecule has 2 heterocycles. The maximum atomic E-state index is 12.5. The Morgan fingerprint density at radius 3 is 2.89 bits per heavy atom. The highest BCUT2D eigenvalue weighted by Crippen LogP contribution is 2.32. The Kier molecular flexibility index (Phi) is 4.79. The molecule has 0 N–H and O–H groups in total. The number of para-hydroxylation sites is 1. The lowest BCUT2D eigenvalue weighted by Crippen LogP contribution is -2.15. The van der Waals surface area contributed by atoms with Gasteiger partial charge in [0, 0.05) is 16.1 Å². The maximum absolute atomic E-state index is 12.5. The largest absolute Gasteiger partial charge is 0.467 e. The fraction of sp³-hybridized carbons (Fsp3) is 0.211. The van der Waals surface area contributed by atoms with E-state index < -0.39 is 5.97 Å². The van der Waals surface area contributed by atoms with Crippen LogP contribution >= 0.6 is 11.6 Å². The first kappa shape index (κ1) is 17.5. The molecule has 0 fully saturated rings. The van der Waals surface area contributed by atoms with Crippen molar-refractivity contribution in [2.75, 3.05) is 6.79 Å². The summed E-state index contributed by atoms with van der Waals surface area (Å²) in [5, 5.41) is 9.06. The summed E-state index contributed by atoms with van der Waals surface area (Å²) in [5.41, 5.74) is 2.92. The predicted molar refractivity (Wildman–Crippen MR) is 97.0 cm³/mol. The van der Waals surface area contributed by atoms with Gasteiger partial charge in [-0.25, -0.2) is 4.79 Å². The molecule has 3 aromatic rings. The molecule has 138 valence electrons. The van der Waals surface area contributed by atoms with E-state index in [4.69, 9.17) is 25.8 Å². The van der Waals surface area contributed by atoms with Crippen molar-refractivity contribution in [1.29, 1.82) is 0 Å². The zero-order valence-corrected chi connectivity index (χ0v) is 15.3. The molecule has 1 aromatic heterocycles. The molecule has 1 aliphatic rings. The summed E-state index contributed by atoms with van der Waals surface area (Å²) in [6.07, 6.45) is 0. The van der Waals surface area contributed by atoms with Gasteiger partial charge in [-0.05, 0) is 31.2 Å².